The van der Waals surface area contributed by atoms with Gasteiger partial charge in [-0.1, -0.05) is 13.8 Å². The van der Waals surface area contributed by atoms with Crippen LogP contribution >= 0.6 is 0 Å². The average Bonchev–Trinajstić information content (AvgIpc) is 2.35. The number of H-pyrrole nitrogens is 1. The van der Waals surface area contributed by atoms with E-state index in [-0.39, 0.29) is 11.5 Å². The van der Waals surface area contributed by atoms with Gasteiger partial charge in [0.25, 0.3) is 11.5 Å². The molecule has 1 heterocycles. The van der Waals surface area contributed by atoms with Crippen LogP contribution in [0.25, 0.3) is 0 Å². The highest BCUT2D eigenvalue weighted by Gasteiger charge is 2.26. The van der Waals surface area contributed by atoms with Crippen LogP contribution in [0.15, 0.2) is 23.1 Å². The fraction of sp³-hybridized carbons (Fsp3) is 0.417. The summed E-state index contributed by atoms with van der Waals surface area (Å²) >= 11 is 0. The molecule has 98 valence electrons. The Morgan fingerprint density at radius 1 is 1.39 bits per heavy atom. The van der Waals surface area contributed by atoms with E-state index in [1.54, 1.807) is 19.9 Å². The number of hydrogen-bond acceptors (Lipinski definition) is 4. The Bertz CT molecular complexity index is 493. The molecule has 1 unspecified atom stereocenters. The van der Waals surface area contributed by atoms with Crippen LogP contribution in [0.4, 0.5) is 0 Å². The molecule has 1 rings (SSSR count). The van der Waals surface area contributed by atoms with Crippen molar-refractivity contribution >= 4 is 11.9 Å². The lowest BCUT2D eigenvalue weighted by atomic mass is 10.0. The standard InChI is InChI=1S/C12H16N2O4/c1-7(2)9(12(17)18-3)14-11(16)8-5-4-6-13-10(8)15/h4-7,9H,1-3H3,(H,13,15)(H,14,16). The van der Waals surface area contributed by atoms with Crippen molar-refractivity contribution in [3.05, 3.63) is 34.2 Å². The molecule has 2 N–H and O–H groups in total. The Morgan fingerprint density at radius 2 is 2.06 bits per heavy atom. The average molecular weight is 252 g/mol. The molecule has 0 radical (unpaired) electrons. The van der Waals surface area contributed by atoms with Gasteiger partial charge in [0.2, 0.25) is 0 Å². The molecule has 0 aliphatic heterocycles. The molecule has 0 spiro atoms. The first-order chi connectivity index (χ1) is 8.47. The Hall–Kier alpha value is -2.11. The van der Waals surface area contributed by atoms with E-state index in [1.807, 2.05) is 0 Å². The molecule has 0 saturated carbocycles. The molecular weight excluding hydrogens is 236 g/mol. The van der Waals surface area contributed by atoms with E-state index >= 15 is 0 Å². The smallest absolute Gasteiger partial charge is 0.328 e. The first-order valence-corrected chi connectivity index (χ1v) is 5.53. The van der Waals surface area contributed by atoms with Crippen molar-refractivity contribution in [2.75, 3.05) is 7.11 Å². The van der Waals surface area contributed by atoms with E-state index in [1.165, 1.54) is 19.4 Å². The molecule has 18 heavy (non-hydrogen) atoms. The number of amides is 1. The number of carbonyl (C=O) groups is 2. The fourth-order valence-corrected chi connectivity index (χ4v) is 1.44. The lowest BCUT2D eigenvalue weighted by Gasteiger charge is -2.19. The highest BCUT2D eigenvalue weighted by Crippen LogP contribution is 2.04. The van der Waals surface area contributed by atoms with Gasteiger partial charge in [-0.2, -0.15) is 0 Å². The second-order valence-corrected chi connectivity index (χ2v) is 4.13. The van der Waals surface area contributed by atoms with E-state index in [4.69, 9.17) is 0 Å². The maximum Gasteiger partial charge on any atom is 0.328 e. The van der Waals surface area contributed by atoms with E-state index < -0.39 is 23.5 Å². The van der Waals surface area contributed by atoms with Crippen LogP contribution in [0, 0.1) is 5.92 Å². The summed E-state index contributed by atoms with van der Waals surface area (Å²) in [5, 5.41) is 2.49. The van der Waals surface area contributed by atoms with Crippen molar-refractivity contribution in [3.63, 3.8) is 0 Å². The summed E-state index contributed by atoms with van der Waals surface area (Å²) in [6.07, 6.45) is 1.43. The van der Waals surface area contributed by atoms with Gasteiger partial charge in [0.1, 0.15) is 11.6 Å². The van der Waals surface area contributed by atoms with Gasteiger partial charge in [-0.25, -0.2) is 4.79 Å². The maximum atomic E-state index is 11.9. The molecule has 1 amide bonds. The maximum absolute atomic E-state index is 11.9. The summed E-state index contributed by atoms with van der Waals surface area (Å²) in [6.45, 7) is 3.55. The summed E-state index contributed by atoms with van der Waals surface area (Å²) in [5.74, 6) is -1.27. The molecule has 6 nitrogen and oxygen atoms in total. The molecule has 0 fully saturated rings. The van der Waals surface area contributed by atoms with E-state index in [9.17, 15) is 14.4 Å². The number of esters is 1. The van der Waals surface area contributed by atoms with Crippen LogP contribution in [0.2, 0.25) is 0 Å². The van der Waals surface area contributed by atoms with E-state index in [0.717, 1.165) is 0 Å². The summed E-state index contributed by atoms with van der Waals surface area (Å²) in [4.78, 5) is 37.2. The fourth-order valence-electron chi connectivity index (χ4n) is 1.44. The monoisotopic (exact) mass is 252 g/mol. The summed E-state index contributed by atoms with van der Waals surface area (Å²) in [6, 6.07) is 2.16. The first-order valence-electron chi connectivity index (χ1n) is 5.53. The van der Waals surface area contributed by atoms with Gasteiger partial charge in [-0.05, 0) is 18.1 Å². The Morgan fingerprint density at radius 3 is 2.56 bits per heavy atom. The third-order valence-electron chi connectivity index (χ3n) is 2.47. The van der Waals surface area contributed by atoms with Crippen molar-refractivity contribution in [3.8, 4) is 0 Å². The third kappa shape index (κ3) is 3.19. The largest absolute Gasteiger partial charge is 0.467 e. The molecule has 1 aromatic heterocycles. The van der Waals surface area contributed by atoms with Crippen molar-refractivity contribution in [2.45, 2.75) is 19.9 Å². The summed E-state index contributed by atoms with van der Waals surface area (Å²) in [5.41, 5.74) is -0.533. The zero-order valence-electron chi connectivity index (χ0n) is 10.5. The van der Waals surface area contributed by atoms with Gasteiger partial charge in [-0.3, -0.25) is 9.59 Å². The van der Waals surface area contributed by atoms with Crippen LogP contribution in [0.5, 0.6) is 0 Å². The lowest BCUT2D eigenvalue weighted by Crippen LogP contribution is -2.46. The van der Waals surface area contributed by atoms with E-state index in [0.29, 0.717) is 0 Å². The third-order valence-corrected chi connectivity index (χ3v) is 2.47. The van der Waals surface area contributed by atoms with Crippen molar-refractivity contribution < 1.29 is 14.3 Å². The van der Waals surface area contributed by atoms with Crippen LogP contribution in [0.3, 0.4) is 0 Å². The number of methoxy groups -OCH3 is 1. The summed E-state index contributed by atoms with van der Waals surface area (Å²) in [7, 11) is 1.25. The topological polar surface area (TPSA) is 88.3 Å². The number of carbonyl (C=O) groups excluding carboxylic acids is 2. The Kier molecular flexibility index (Phi) is 4.65. The molecule has 0 aromatic carbocycles. The molecule has 1 aromatic rings. The van der Waals surface area contributed by atoms with Gasteiger partial charge in [0.15, 0.2) is 0 Å². The zero-order valence-corrected chi connectivity index (χ0v) is 10.5. The van der Waals surface area contributed by atoms with Gasteiger partial charge in [0.05, 0.1) is 7.11 Å². The number of nitrogens with one attached hydrogen (secondary N) is 2. The van der Waals surface area contributed by atoms with Gasteiger partial charge < -0.3 is 15.0 Å². The van der Waals surface area contributed by atoms with E-state index in [2.05, 4.69) is 15.0 Å². The minimum absolute atomic E-state index is 0.0351. The number of hydrogen-bond donors (Lipinski definition) is 2. The number of rotatable bonds is 4. The normalized spacial score (nSPS) is 12.0. The molecular formula is C12H16N2O4. The van der Waals surface area contributed by atoms with Crippen molar-refractivity contribution in [1.82, 2.24) is 10.3 Å². The molecule has 0 aliphatic rings. The SMILES string of the molecule is COC(=O)C(NC(=O)c1ccc[nH]c1=O)C(C)C. The Balaban J connectivity index is 2.89. The molecule has 6 heteroatoms. The molecule has 1 atom stereocenters. The van der Waals surface area contributed by atoms with Crippen molar-refractivity contribution in [2.24, 2.45) is 5.92 Å². The molecule has 0 bridgehead atoms. The number of aromatic nitrogens is 1. The number of pyridine rings is 1. The van der Waals surface area contributed by atoms with Crippen LogP contribution in [-0.4, -0.2) is 30.0 Å². The highest BCUT2D eigenvalue weighted by molar-refractivity contribution is 5.96. The number of aromatic amines is 1. The van der Waals surface area contributed by atoms with Crippen LogP contribution in [-0.2, 0) is 9.53 Å². The predicted molar refractivity (Wildman–Crippen MR) is 65.2 cm³/mol. The van der Waals surface area contributed by atoms with Gasteiger partial charge >= 0.3 is 5.97 Å². The summed E-state index contributed by atoms with van der Waals surface area (Å²) < 4.78 is 4.60. The van der Waals surface area contributed by atoms with Crippen molar-refractivity contribution in [1.29, 1.82) is 0 Å². The second kappa shape index (κ2) is 6.00. The predicted octanol–water partition coefficient (Wildman–Crippen LogP) is 0.302. The quantitative estimate of drug-likeness (QED) is 0.754. The number of ether oxygens (including phenoxy) is 1. The Labute approximate surface area is 104 Å². The minimum atomic E-state index is -0.776. The molecule has 0 aliphatic carbocycles. The minimum Gasteiger partial charge on any atom is -0.467 e. The highest BCUT2D eigenvalue weighted by atomic mass is 16.5. The second-order valence-electron chi connectivity index (χ2n) is 4.13. The van der Waals surface area contributed by atoms with Crippen LogP contribution < -0.4 is 10.9 Å². The van der Waals surface area contributed by atoms with Crippen LogP contribution in [0.1, 0.15) is 24.2 Å². The van der Waals surface area contributed by atoms with Gasteiger partial charge in [-0.15, -0.1) is 0 Å². The lowest BCUT2D eigenvalue weighted by molar-refractivity contribution is -0.144. The van der Waals surface area contributed by atoms with Gasteiger partial charge in [0, 0.05) is 6.20 Å². The zero-order chi connectivity index (χ0) is 13.7. The first kappa shape index (κ1) is 14.0. The molecule has 0 saturated heterocycles.